The number of benzene rings is 3. The van der Waals surface area contributed by atoms with E-state index in [4.69, 9.17) is 0 Å². The molecule has 0 spiro atoms. The zero-order chi connectivity index (χ0) is 14.7. The molecule has 0 aliphatic rings. The van der Waals surface area contributed by atoms with Crippen molar-refractivity contribution in [2.24, 2.45) is 0 Å². The van der Waals surface area contributed by atoms with Crippen LogP contribution in [0.3, 0.4) is 0 Å². The summed E-state index contributed by atoms with van der Waals surface area (Å²) in [5.74, 6) is 0.193. The van der Waals surface area contributed by atoms with Crippen LogP contribution in [0.25, 0.3) is 0 Å². The molecule has 0 saturated heterocycles. The summed E-state index contributed by atoms with van der Waals surface area (Å²) >= 11 is 4.53. The minimum absolute atomic E-state index is 0.193. The van der Waals surface area contributed by atoms with Crippen LogP contribution in [-0.4, -0.2) is 0 Å². The summed E-state index contributed by atoms with van der Waals surface area (Å²) in [6.07, 6.45) is 0. The standard InChI is InChI=1S/C20H17S/c1-15-12-13-18(14-19(15)21)20(16-8-4-2-5-9-16)17-10-6-3-7-11-17/h2-13,20-21H,1H3. The first kappa shape index (κ1) is 14.0. The number of hydrogen-bond donors (Lipinski definition) is 1. The van der Waals surface area contributed by atoms with Crippen molar-refractivity contribution in [3.63, 3.8) is 0 Å². The van der Waals surface area contributed by atoms with Gasteiger partial charge in [-0.3, -0.25) is 0 Å². The molecule has 0 aliphatic carbocycles. The third-order valence-electron chi connectivity index (χ3n) is 3.73. The van der Waals surface area contributed by atoms with E-state index in [1.54, 1.807) is 0 Å². The molecule has 0 nitrogen and oxygen atoms in total. The van der Waals surface area contributed by atoms with E-state index in [9.17, 15) is 0 Å². The minimum atomic E-state index is 0.193. The van der Waals surface area contributed by atoms with Gasteiger partial charge in [0.15, 0.2) is 0 Å². The fraction of sp³-hybridized carbons (Fsp3) is 0.100. The minimum Gasteiger partial charge on any atom is -0.143 e. The van der Waals surface area contributed by atoms with Gasteiger partial charge in [-0.25, -0.2) is 0 Å². The maximum Gasteiger partial charge on any atom is 0.0346 e. The molecule has 3 aromatic rings. The van der Waals surface area contributed by atoms with Crippen molar-refractivity contribution in [1.82, 2.24) is 0 Å². The van der Waals surface area contributed by atoms with Gasteiger partial charge in [0.1, 0.15) is 0 Å². The van der Waals surface area contributed by atoms with Crippen molar-refractivity contribution in [3.8, 4) is 0 Å². The number of thiol groups is 1. The van der Waals surface area contributed by atoms with Crippen molar-refractivity contribution >= 4 is 12.6 Å². The predicted octanol–water partition coefficient (Wildman–Crippen LogP) is 5.26. The molecule has 0 bridgehead atoms. The maximum atomic E-state index is 4.53. The van der Waals surface area contributed by atoms with E-state index in [0.29, 0.717) is 0 Å². The molecule has 0 heterocycles. The lowest BCUT2D eigenvalue weighted by molar-refractivity contribution is 0.964. The highest BCUT2D eigenvalue weighted by molar-refractivity contribution is 7.80. The first-order valence-corrected chi connectivity index (χ1v) is 7.52. The average molecular weight is 289 g/mol. The molecule has 0 amide bonds. The van der Waals surface area contributed by atoms with Gasteiger partial charge >= 0.3 is 0 Å². The van der Waals surface area contributed by atoms with E-state index in [2.05, 4.69) is 98.4 Å². The van der Waals surface area contributed by atoms with Crippen LogP contribution in [-0.2, 0) is 0 Å². The largest absolute Gasteiger partial charge is 0.143 e. The summed E-state index contributed by atoms with van der Waals surface area (Å²) in [5, 5.41) is 0. The third-order valence-corrected chi connectivity index (χ3v) is 4.19. The van der Waals surface area contributed by atoms with Gasteiger partial charge in [0.2, 0.25) is 0 Å². The van der Waals surface area contributed by atoms with E-state index in [1.165, 1.54) is 11.1 Å². The zero-order valence-electron chi connectivity index (χ0n) is 12.0. The summed E-state index contributed by atoms with van der Waals surface area (Å²) in [4.78, 5) is 0.921. The van der Waals surface area contributed by atoms with Gasteiger partial charge in [-0.2, -0.15) is 0 Å². The molecule has 0 atom stereocenters. The molecule has 0 N–H and O–H groups in total. The number of hydrogen-bond acceptors (Lipinski definition) is 1. The van der Waals surface area contributed by atoms with Crippen molar-refractivity contribution in [1.29, 1.82) is 0 Å². The van der Waals surface area contributed by atoms with Crippen LogP contribution in [0.4, 0.5) is 0 Å². The molecule has 0 saturated carbocycles. The molecule has 1 heteroatoms. The second-order valence-corrected chi connectivity index (χ2v) is 5.65. The summed E-state index contributed by atoms with van der Waals surface area (Å²) in [6.45, 7) is 2.06. The van der Waals surface area contributed by atoms with Gasteiger partial charge in [-0.05, 0) is 29.2 Å². The molecule has 0 unspecified atom stereocenters. The summed E-state index contributed by atoms with van der Waals surface area (Å²) in [5.41, 5.74) is 4.86. The third kappa shape index (κ3) is 3.03. The molecule has 0 aliphatic heterocycles. The average Bonchev–Trinajstić information content (AvgIpc) is 2.53. The van der Waals surface area contributed by atoms with Crippen molar-refractivity contribution < 1.29 is 0 Å². The molecule has 0 fully saturated rings. The Hall–Kier alpha value is -1.99. The molecule has 1 radical (unpaired) electrons. The second-order valence-electron chi connectivity index (χ2n) is 5.20. The van der Waals surface area contributed by atoms with Crippen LogP contribution in [0, 0.1) is 13.0 Å². The van der Waals surface area contributed by atoms with Crippen LogP contribution < -0.4 is 0 Å². The topological polar surface area (TPSA) is 0 Å². The Morgan fingerprint density at radius 1 is 0.762 bits per heavy atom. The van der Waals surface area contributed by atoms with Crippen LogP contribution in [0.2, 0.25) is 0 Å². The number of aryl methyl sites for hydroxylation is 1. The van der Waals surface area contributed by atoms with E-state index in [0.717, 1.165) is 16.0 Å². The maximum absolute atomic E-state index is 4.53. The first-order chi connectivity index (χ1) is 10.3. The summed E-state index contributed by atoms with van der Waals surface area (Å²) in [7, 11) is 0. The Bertz CT molecular complexity index is 678. The van der Waals surface area contributed by atoms with Crippen molar-refractivity contribution in [2.45, 2.75) is 17.7 Å². The number of rotatable bonds is 3. The van der Waals surface area contributed by atoms with E-state index < -0.39 is 0 Å². The zero-order valence-corrected chi connectivity index (χ0v) is 12.8. The predicted molar refractivity (Wildman–Crippen MR) is 91.1 cm³/mol. The smallest absolute Gasteiger partial charge is 0.0346 e. The highest BCUT2D eigenvalue weighted by Gasteiger charge is 2.17. The molecular weight excluding hydrogens is 272 g/mol. The highest BCUT2D eigenvalue weighted by Crippen LogP contribution is 2.32. The summed E-state index contributed by atoms with van der Waals surface area (Å²) < 4.78 is 0. The first-order valence-electron chi connectivity index (χ1n) is 7.07. The van der Waals surface area contributed by atoms with Gasteiger partial charge in [0.05, 0.1) is 0 Å². The lowest BCUT2D eigenvalue weighted by Crippen LogP contribution is -2.03. The Labute approximate surface area is 131 Å². The summed E-state index contributed by atoms with van der Waals surface area (Å²) in [6, 6.07) is 28.8. The SMILES string of the molecule is Cc1ccc(C(c2ccccc2)c2ccccc2)[c]c1S. The van der Waals surface area contributed by atoms with Crippen LogP contribution >= 0.6 is 12.6 Å². The molecule has 0 aromatic heterocycles. The van der Waals surface area contributed by atoms with Crippen LogP contribution in [0.15, 0.2) is 77.7 Å². The van der Waals surface area contributed by atoms with Gasteiger partial charge in [0.25, 0.3) is 0 Å². The lowest BCUT2D eigenvalue weighted by Gasteiger charge is -2.19. The Balaban J connectivity index is 2.14. The van der Waals surface area contributed by atoms with E-state index >= 15 is 0 Å². The Kier molecular flexibility index (Phi) is 4.12. The van der Waals surface area contributed by atoms with E-state index in [1.807, 2.05) is 0 Å². The molecular formula is C20H17S. The fourth-order valence-electron chi connectivity index (χ4n) is 2.58. The van der Waals surface area contributed by atoms with Crippen LogP contribution in [0.1, 0.15) is 28.2 Å². The molecule has 3 aromatic carbocycles. The van der Waals surface area contributed by atoms with E-state index in [-0.39, 0.29) is 5.92 Å². The van der Waals surface area contributed by atoms with Crippen LogP contribution in [0.5, 0.6) is 0 Å². The Morgan fingerprint density at radius 2 is 1.29 bits per heavy atom. The highest BCUT2D eigenvalue weighted by atomic mass is 32.1. The normalized spacial score (nSPS) is 10.8. The molecule has 21 heavy (non-hydrogen) atoms. The second kappa shape index (κ2) is 6.19. The lowest BCUT2D eigenvalue weighted by atomic mass is 9.85. The quantitative estimate of drug-likeness (QED) is 0.493. The van der Waals surface area contributed by atoms with Gasteiger partial charge in [-0.15, -0.1) is 12.6 Å². The van der Waals surface area contributed by atoms with Gasteiger partial charge < -0.3 is 0 Å². The van der Waals surface area contributed by atoms with Crippen molar-refractivity contribution in [2.75, 3.05) is 0 Å². The van der Waals surface area contributed by atoms with Gasteiger partial charge in [-0.1, -0.05) is 72.8 Å². The molecule has 103 valence electrons. The monoisotopic (exact) mass is 289 g/mol. The molecule has 3 rings (SSSR count). The Morgan fingerprint density at radius 3 is 1.76 bits per heavy atom. The fourth-order valence-corrected chi connectivity index (χ4v) is 2.79. The van der Waals surface area contributed by atoms with Crippen molar-refractivity contribution in [3.05, 3.63) is 101 Å². The van der Waals surface area contributed by atoms with Gasteiger partial charge in [0, 0.05) is 16.9 Å².